The van der Waals surface area contributed by atoms with Crippen molar-refractivity contribution in [2.75, 3.05) is 7.11 Å². The molecular weight excluding hydrogens is 353 g/mol. The first kappa shape index (κ1) is 16.2. The summed E-state index contributed by atoms with van der Waals surface area (Å²) in [5.41, 5.74) is 0.845. The minimum atomic E-state index is -0.935. The van der Waals surface area contributed by atoms with Crippen LogP contribution in [0.5, 0.6) is 0 Å². The van der Waals surface area contributed by atoms with Crippen LogP contribution in [0.15, 0.2) is 53.0 Å². The first-order valence-electron chi connectivity index (χ1n) is 6.41. The lowest BCUT2D eigenvalue weighted by atomic mass is 10.1. The first-order chi connectivity index (χ1) is 10.5. The fourth-order valence-electron chi connectivity index (χ4n) is 1.87. The third kappa shape index (κ3) is 3.92. The van der Waals surface area contributed by atoms with Crippen LogP contribution in [-0.4, -0.2) is 19.0 Å². The molecule has 6 heteroatoms. The zero-order valence-electron chi connectivity index (χ0n) is 11.7. The number of rotatable bonds is 4. The fourth-order valence-corrected chi connectivity index (χ4v) is 2.13. The summed E-state index contributed by atoms with van der Waals surface area (Å²) < 4.78 is 18.5. The van der Waals surface area contributed by atoms with Crippen LogP contribution >= 0.6 is 15.9 Å². The molecule has 1 N–H and O–H groups in total. The van der Waals surface area contributed by atoms with Crippen LogP contribution in [0.3, 0.4) is 0 Å². The van der Waals surface area contributed by atoms with E-state index in [0.29, 0.717) is 5.56 Å². The molecule has 2 aromatic rings. The molecule has 2 aromatic carbocycles. The molecule has 0 saturated carbocycles. The summed E-state index contributed by atoms with van der Waals surface area (Å²) in [4.78, 5) is 24.1. The van der Waals surface area contributed by atoms with Gasteiger partial charge in [0, 0.05) is 10.0 Å². The highest BCUT2D eigenvalue weighted by molar-refractivity contribution is 9.10. The van der Waals surface area contributed by atoms with E-state index < -0.39 is 23.7 Å². The number of methoxy groups -OCH3 is 1. The second-order valence-electron chi connectivity index (χ2n) is 4.49. The van der Waals surface area contributed by atoms with Gasteiger partial charge in [-0.2, -0.15) is 0 Å². The van der Waals surface area contributed by atoms with Crippen LogP contribution in [0.4, 0.5) is 4.39 Å². The average Bonchev–Trinajstić information content (AvgIpc) is 2.53. The molecule has 0 saturated heterocycles. The number of hydrogen-bond donors (Lipinski definition) is 1. The lowest BCUT2D eigenvalue weighted by Gasteiger charge is -2.17. The van der Waals surface area contributed by atoms with Gasteiger partial charge in [-0.3, -0.25) is 4.79 Å². The maximum absolute atomic E-state index is 12.9. The number of carbonyl (C=O) groups excluding carboxylic acids is 2. The fraction of sp³-hybridized carbons (Fsp3) is 0.125. The van der Waals surface area contributed by atoms with Crippen molar-refractivity contribution in [2.45, 2.75) is 6.04 Å². The number of hydrogen-bond acceptors (Lipinski definition) is 3. The molecule has 0 fully saturated rings. The highest BCUT2D eigenvalue weighted by Gasteiger charge is 2.24. The van der Waals surface area contributed by atoms with Crippen LogP contribution in [0, 0.1) is 5.82 Å². The van der Waals surface area contributed by atoms with Gasteiger partial charge < -0.3 is 10.1 Å². The van der Waals surface area contributed by atoms with Gasteiger partial charge in [0.05, 0.1) is 7.11 Å². The molecule has 0 aliphatic rings. The molecule has 1 atom stereocenters. The van der Waals surface area contributed by atoms with E-state index in [-0.39, 0.29) is 5.56 Å². The van der Waals surface area contributed by atoms with E-state index in [1.165, 1.54) is 31.4 Å². The van der Waals surface area contributed by atoms with Gasteiger partial charge in [0.2, 0.25) is 0 Å². The van der Waals surface area contributed by atoms with Gasteiger partial charge in [-0.05, 0) is 42.0 Å². The Balaban J connectivity index is 2.23. The van der Waals surface area contributed by atoms with Crippen LogP contribution in [0.1, 0.15) is 22.0 Å². The van der Waals surface area contributed by atoms with Crippen LogP contribution in [0.2, 0.25) is 0 Å². The highest BCUT2D eigenvalue weighted by atomic mass is 79.9. The van der Waals surface area contributed by atoms with E-state index in [1.54, 1.807) is 24.3 Å². The van der Waals surface area contributed by atoms with Crippen molar-refractivity contribution in [3.8, 4) is 0 Å². The number of nitrogens with one attached hydrogen (secondary N) is 1. The molecule has 22 heavy (non-hydrogen) atoms. The van der Waals surface area contributed by atoms with E-state index >= 15 is 0 Å². The predicted octanol–water partition coefficient (Wildman–Crippen LogP) is 3.23. The van der Waals surface area contributed by atoms with Gasteiger partial charge in [-0.1, -0.05) is 28.1 Å². The second kappa shape index (κ2) is 7.17. The smallest absolute Gasteiger partial charge is 0.333 e. The molecule has 1 unspecified atom stereocenters. The summed E-state index contributed by atoms with van der Waals surface area (Å²) in [6, 6.07) is 11.1. The van der Waals surface area contributed by atoms with Crippen molar-refractivity contribution in [1.29, 1.82) is 0 Å². The summed E-state index contributed by atoms with van der Waals surface area (Å²) in [5.74, 6) is -1.51. The summed E-state index contributed by atoms with van der Waals surface area (Å²) >= 11 is 3.30. The summed E-state index contributed by atoms with van der Waals surface area (Å²) in [6.07, 6.45) is 0. The molecule has 0 spiro atoms. The Morgan fingerprint density at radius 1 is 1.09 bits per heavy atom. The SMILES string of the molecule is COC(=O)C(NC(=O)c1ccc(F)cc1)c1ccc(Br)cc1. The molecule has 1 amide bonds. The Hall–Kier alpha value is -2.21. The third-order valence-corrected chi connectivity index (χ3v) is 3.55. The normalized spacial score (nSPS) is 11.6. The van der Waals surface area contributed by atoms with Crippen molar-refractivity contribution in [1.82, 2.24) is 5.32 Å². The van der Waals surface area contributed by atoms with Crippen LogP contribution < -0.4 is 5.32 Å². The van der Waals surface area contributed by atoms with Crippen LogP contribution in [0.25, 0.3) is 0 Å². The van der Waals surface area contributed by atoms with Crippen molar-refractivity contribution in [3.63, 3.8) is 0 Å². The second-order valence-corrected chi connectivity index (χ2v) is 5.40. The van der Waals surface area contributed by atoms with Crippen molar-refractivity contribution >= 4 is 27.8 Å². The predicted molar refractivity (Wildman–Crippen MR) is 82.8 cm³/mol. The lowest BCUT2D eigenvalue weighted by Crippen LogP contribution is -2.34. The number of esters is 1. The number of benzene rings is 2. The first-order valence-corrected chi connectivity index (χ1v) is 7.20. The zero-order chi connectivity index (χ0) is 16.1. The molecule has 0 heterocycles. The van der Waals surface area contributed by atoms with Gasteiger partial charge in [0.25, 0.3) is 5.91 Å². The molecule has 0 aromatic heterocycles. The molecule has 0 radical (unpaired) electrons. The summed E-state index contributed by atoms with van der Waals surface area (Å²) in [7, 11) is 1.25. The van der Waals surface area contributed by atoms with Crippen molar-refractivity contribution in [2.24, 2.45) is 0 Å². The van der Waals surface area contributed by atoms with Gasteiger partial charge in [0.15, 0.2) is 6.04 Å². The van der Waals surface area contributed by atoms with E-state index in [9.17, 15) is 14.0 Å². The van der Waals surface area contributed by atoms with Crippen molar-refractivity contribution in [3.05, 3.63) is 69.9 Å². The Morgan fingerprint density at radius 2 is 1.68 bits per heavy atom. The third-order valence-electron chi connectivity index (χ3n) is 3.02. The van der Waals surface area contributed by atoms with E-state index in [0.717, 1.165) is 4.47 Å². The van der Waals surface area contributed by atoms with Crippen molar-refractivity contribution < 1.29 is 18.7 Å². The molecule has 0 aliphatic heterocycles. The van der Waals surface area contributed by atoms with Gasteiger partial charge >= 0.3 is 5.97 Å². The number of halogens is 2. The minimum Gasteiger partial charge on any atom is -0.467 e. The average molecular weight is 366 g/mol. The molecule has 0 aliphatic carbocycles. The molecule has 2 rings (SSSR count). The Labute approximate surface area is 135 Å². The van der Waals surface area contributed by atoms with Gasteiger partial charge in [-0.25, -0.2) is 9.18 Å². The molecule has 0 bridgehead atoms. The van der Waals surface area contributed by atoms with Crippen LogP contribution in [-0.2, 0) is 9.53 Å². The molecule has 4 nitrogen and oxygen atoms in total. The topological polar surface area (TPSA) is 55.4 Å². The van der Waals surface area contributed by atoms with E-state index in [1.807, 2.05) is 0 Å². The number of carbonyl (C=O) groups is 2. The Kier molecular flexibility index (Phi) is 5.27. The highest BCUT2D eigenvalue weighted by Crippen LogP contribution is 2.19. The molecular formula is C16H13BrFNO3. The van der Waals surface area contributed by atoms with Gasteiger partial charge in [0.1, 0.15) is 5.82 Å². The minimum absolute atomic E-state index is 0.257. The monoisotopic (exact) mass is 365 g/mol. The van der Waals surface area contributed by atoms with E-state index in [2.05, 4.69) is 21.2 Å². The number of amides is 1. The Bertz CT molecular complexity index is 671. The number of ether oxygens (including phenoxy) is 1. The summed E-state index contributed by atoms with van der Waals surface area (Å²) in [6.45, 7) is 0. The lowest BCUT2D eigenvalue weighted by molar-refractivity contribution is -0.143. The van der Waals surface area contributed by atoms with Gasteiger partial charge in [-0.15, -0.1) is 0 Å². The summed E-state index contributed by atoms with van der Waals surface area (Å²) in [5, 5.41) is 2.59. The molecule has 114 valence electrons. The Morgan fingerprint density at radius 3 is 2.23 bits per heavy atom. The quantitative estimate of drug-likeness (QED) is 0.846. The maximum Gasteiger partial charge on any atom is 0.333 e. The van der Waals surface area contributed by atoms with E-state index in [4.69, 9.17) is 4.74 Å². The standard InChI is InChI=1S/C16H13BrFNO3/c1-22-16(21)14(10-2-6-12(17)7-3-10)19-15(20)11-4-8-13(18)9-5-11/h2-9,14H,1H3,(H,19,20). The zero-order valence-corrected chi connectivity index (χ0v) is 13.3. The maximum atomic E-state index is 12.9. The largest absolute Gasteiger partial charge is 0.467 e.